The second-order valence-electron chi connectivity index (χ2n) is 7.12. The Kier molecular flexibility index (Phi) is 4.34. The highest BCUT2D eigenvalue weighted by Gasteiger charge is 2.47. The van der Waals surface area contributed by atoms with Gasteiger partial charge in [-0.3, -0.25) is 0 Å². The SMILES string of the molecule is Cc1cc(C)c(C(O)P2(=S)C3CCCCC2CC3)c(C)c1. The average molecular weight is 322 g/mol. The van der Waals surface area contributed by atoms with Crippen LogP contribution in [0.3, 0.4) is 0 Å². The first-order valence-electron chi connectivity index (χ1n) is 8.29. The van der Waals surface area contributed by atoms with E-state index in [4.69, 9.17) is 11.8 Å². The molecule has 116 valence electrons. The van der Waals surface area contributed by atoms with E-state index in [2.05, 4.69) is 32.9 Å². The Balaban J connectivity index is 2.05. The summed E-state index contributed by atoms with van der Waals surface area (Å²) in [6.45, 7) is 6.41. The molecule has 3 unspecified atom stereocenters. The van der Waals surface area contributed by atoms with Crippen molar-refractivity contribution in [3.8, 4) is 0 Å². The molecule has 0 aromatic heterocycles. The zero-order valence-corrected chi connectivity index (χ0v) is 15.1. The second kappa shape index (κ2) is 5.80. The van der Waals surface area contributed by atoms with E-state index in [1.165, 1.54) is 55.2 Å². The van der Waals surface area contributed by atoms with Crippen LogP contribution in [0.25, 0.3) is 0 Å². The summed E-state index contributed by atoms with van der Waals surface area (Å²) < 4.78 is 0. The van der Waals surface area contributed by atoms with Crippen LogP contribution in [0.5, 0.6) is 0 Å². The van der Waals surface area contributed by atoms with Crippen molar-refractivity contribution in [1.82, 2.24) is 0 Å². The fraction of sp³-hybridized carbons (Fsp3) is 0.667. The minimum absolute atomic E-state index is 0.372. The number of hydrogen-bond acceptors (Lipinski definition) is 2. The Hall–Kier alpha value is -0.170. The molecule has 0 saturated carbocycles. The number of aliphatic hydroxyl groups is 1. The van der Waals surface area contributed by atoms with Crippen LogP contribution in [0.4, 0.5) is 0 Å². The molecule has 3 rings (SSSR count). The number of benzene rings is 1. The van der Waals surface area contributed by atoms with Crippen LogP contribution in [0.15, 0.2) is 12.1 Å². The van der Waals surface area contributed by atoms with E-state index in [1.54, 1.807) is 0 Å². The predicted molar refractivity (Wildman–Crippen MR) is 95.2 cm³/mol. The summed E-state index contributed by atoms with van der Waals surface area (Å²) in [5.41, 5.74) is 6.16. The topological polar surface area (TPSA) is 20.2 Å². The molecule has 0 aliphatic carbocycles. The molecule has 1 aromatic carbocycles. The van der Waals surface area contributed by atoms with Gasteiger partial charge in [-0.2, -0.15) is 0 Å². The minimum atomic E-state index is -1.72. The normalized spacial score (nSPS) is 33.7. The Labute approximate surface area is 134 Å². The summed E-state index contributed by atoms with van der Waals surface area (Å²) >= 11 is 6.27. The van der Waals surface area contributed by atoms with Crippen LogP contribution in [-0.2, 0) is 11.8 Å². The molecule has 2 aliphatic heterocycles. The fourth-order valence-corrected chi connectivity index (χ4v) is 10.8. The predicted octanol–water partition coefficient (Wildman–Crippen LogP) is 5.19. The lowest BCUT2D eigenvalue weighted by molar-refractivity contribution is 0.259. The molecule has 0 amide bonds. The van der Waals surface area contributed by atoms with Crippen molar-refractivity contribution in [2.24, 2.45) is 0 Å². The maximum Gasteiger partial charge on any atom is 0.108 e. The Morgan fingerprint density at radius 1 is 1.00 bits per heavy atom. The summed E-state index contributed by atoms with van der Waals surface area (Å²) in [4.78, 5) is 0. The van der Waals surface area contributed by atoms with Crippen LogP contribution < -0.4 is 0 Å². The summed E-state index contributed by atoms with van der Waals surface area (Å²) in [5.74, 6) is -0.372. The van der Waals surface area contributed by atoms with Gasteiger partial charge in [0.25, 0.3) is 0 Å². The number of hydrogen-bond donors (Lipinski definition) is 1. The van der Waals surface area contributed by atoms with Crippen LogP contribution in [0.2, 0.25) is 0 Å². The van der Waals surface area contributed by atoms with Crippen molar-refractivity contribution in [2.45, 2.75) is 76.5 Å². The third kappa shape index (κ3) is 2.54. The fourth-order valence-electron chi connectivity index (χ4n) is 4.74. The smallest absolute Gasteiger partial charge is 0.108 e. The van der Waals surface area contributed by atoms with Gasteiger partial charge in [-0.15, -0.1) is 0 Å². The van der Waals surface area contributed by atoms with Crippen LogP contribution in [0.1, 0.15) is 66.6 Å². The number of fused-ring (bicyclic) bond motifs is 2. The van der Waals surface area contributed by atoms with Crippen molar-refractivity contribution >= 4 is 17.8 Å². The standard InChI is InChI=1S/C18H27OPS/c1-12-10-13(2)17(14(3)11-12)18(19)20(21)15-6-4-5-7-16(20)9-8-15/h10-11,15-16,18-19H,4-9H2,1-3H3. The van der Waals surface area contributed by atoms with E-state index >= 15 is 0 Å². The molecule has 21 heavy (non-hydrogen) atoms. The van der Waals surface area contributed by atoms with Gasteiger partial charge in [0.15, 0.2) is 0 Å². The lowest BCUT2D eigenvalue weighted by Gasteiger charge is -2.34. The molecule has 2 aliphatic rings. The molecule has 0 radical (unpaired) electrons. The maximum atomic E-state index is 11.3. The van der Waals surface area contributed by atoms with Crippen molar-refractivity contribution in [2.75, 3.05) is 0 Å². The molecule has 1 nitrogen and oxygen atoms in total. The van der Waals surface area contributed by atoms with Gasteiger partial charge in [0.05, 0.1) is 0 Å². The molecular formula is C18H27OPS. The first-order valence-corrected chi connectivity index (χ1v) is 11.3. The van der Waals surface area contributed by atoms with Crippen LogP contribution in [0, 0.1) is 20.8 Å². The zero-order chi connectivity index (χ0) is 15.2. The molecule has 2 bridgehead atoms. The van der Waals surface area contributed by atoms with Crippen molar-refractivity contribution in [3.05, 3.63) is 34.4 Å². The van der Waals surface area contributed by atoms with Crippen molar-refractivity contribution in [1.29, 1.82) is 0 Å². The van der Waals surface area contributed by atoms with E-state index in [0.29, 0.717) is 11.3 Å². The summed E-state index contributed by atoms with van der Waals surface area (Å²) in [6.07, 6.45) is 7.69. The first-order chi connectivity index (χ1) is 9.94. The summed E-state index contributed by atoms with van der Waals surface area (Å²) in [6, 6.07) is 2.68. The van der Waals surface area contributed by atoms with E-state index < -0.39 is 6.04 Å². The highest BCUT2D eigenvalue weighted by atomic mass is 32.4. The number of aryl methyl sites for hydroxylation is 3. The van der Waals surface area contributed by atoms with Gasteiger partial charge in [-0.25, -0.2) is 0 Å². The summed E-state index contributed by atoms with van der Waals surface area (Å²) in [5, 5.41) is 11.3. The third-order valence-corrected chi connectivity index (χ3v) is 12.4. The van der Waals surface area contributed by atoms with Gasteiger partial charge in [-0.05, 0) is 80.5 Å². The Bertz CT molecular complexity index is 554. The highest BCUT2D eigenvalue weighted by molar-refractivity contribution is 8.15. The monoisotopic (exact) mass is 322 g/mol. The Morgan fingerprint density at radius 3 is 1.95 bits per heavy atom. The quantitative estimate of drug-likeness (QED) is 0.756. The third-order valence-electron chi connectivity index (χ3n) is 5.68. The van der Waals surface area contributed by atoms with Gasteiger partial charge in [0, 0.05) is 0 Å². The molecule has 0 spiro atoms. The second-order valence-corrected chi connectivity index (χ2v) is 12.5. The highest BCUT2D eigenvalue weighted by Crippen LogP contribution is 2.74. The largest absolute Gasteiger partial charge is 0.383 e. The van der Waals surface area contributed by atoms with Crippen molar-refractivity contribution in [3.63, 3.8) is 0 Å². The molecule has 2 saturated heterocycles. The molecule has 2 fully saturated rings. The van der Waals surface area contributed by atoms with Gasteiger partial charge in [0.2, 0.25) is 0 Å². The van der Waals surface area contributed by atoms with Gasteiger partial charge >= 0.3 is 0 Å². The molecule has 1 N–H and O–H groups in total. The molecule has 1 aromatic rings. The first kappa shape index (κ1) is 15.7. The maximum absolute atomic E-state index is 11.3. The van der Waals surface area contributed by atoms with E-state index in [-0.39, 0.29) is 5.85 Å². The van der Waals surface area contributed by atoms with E-state index in [1.807, 2.05) is 0 Å². The van der Waals surface area contributed by atoms with Gasteiger partial charge in [0.1, 0.15) is 5.85 Å². The Morgan fingerprint density at radius 2 is 1.48 bits per heavy atom. The number of aliphatic hydroxyl groups excluding tert-OH is 1. The molecular weight excluding hydrogens is 295 g/mol. The minimum Gasteiger partial charge on any atom is -0.383 e. The van der Waals surface area contributed by atoms with Gasteiger partial charge < -0.3 is 5.11 Å². The van der Waals surface area contributed by atoms with Gasteiger partial charge in [-0.1, -0.05) is 42.3 Å². The van der Waals surface area contributed by atoms with Crippen LogP contribution >= 0.6 is 6.04 Å². The lowest BCUT2D eigenvalue weighted by Crippen LogP contribution is -2.15. The lowest BCUT2D eigenvalue weighted by atomic mass is 10.0. The molecule has 3 atom stereocenters. The average Bonchev–Trinajstić information content (AvgIpc) is 2.57. The van der Waals surface area contributed by atoms with Crippen LogP contribution in [-0.4, -0.2) is 16.4 Å². The van der Waals surface area contributed by atoms with E-state index in [0.717, 1.165) is 5.56 Å². The summed E-state index contributed by atoms with van der Waals surface area (Å²) in [7, 11) is 0. The van der Waals surface area contributed by atoms with Crippen molar-refractivity contribution < 1.29 is 5.11 Å². The van der Waals surface area contributed by atoms with E-state index in [9.17, 15) is 5.11 Å². The zero-order valence-electron chi connectivity index (χ0n) is 13.4. The molecule has 2 heterocycles. The number of rotatable bonds is 2. The molecule has 3 heteroatoms.